The average molecular weight is 410 g/mol. The fourth-order valence-corrected chi connectivity index (χ4v) is 3.57. The number of hydrogen-bond acceptors (Lipinski definition) is 3. The molecule has 0 saturated carbocycles. The summed E-state index contributed by atoms with van der Waals surface area (Å²) in [5.41, 5.74) is 1.84. The summed E-state index contributed by atoms with van der Waals surface area (Å²) in [4.78, 5) is 8.38. The first-order chi connectivity index (χ1) is 8.87. The van der Waals surface area contributed by atoms with Gasteiger partial charge in [0.1, 0.15) is 15.9 Å². The van der Waals surface area contributed by atoms with Crippen molar-refractivity contribution in [1.29, 1.82) is 0 Å². The molecule has 2 aromatic rings. The Morgan fingerprint density at radius 3 is 2.79 bits per heavy atom. The lowest BCUT2D eigenvalue weighted by atomic mass is 10.5. The molecule has 4 nitrogen and oxygen atoms in total. The van der Waals surface area contributed by atoms with Gasteiger partial charge in [0.2, 0.25) is 5.28 Å². The van der Waals surface area contributed by atoms with Gasteiger partial charge < -0.3 is 9.30 Å². The molecular weight excluding hydrogens is 393 g/mol. The first-order valence-corrected chi connectivity index (χ1v) is 11.3. The molecule has 104 valence electrons. The van der Waals surface area contributed by atoms with Crippen molar-refractivity contribution in [3.8, 4) is 0 Å². The van der Waals surface area contributed by atoms with Gasteiger partial charge in [0, 0.05) is 20.9 Å². The van der Waals surface area contributed by atoms with Crippen molar-refractivity contribution in [3.63, 3.8) is 0 Å². The fourth-order valence-electron chi connectivity index (χ4n) is 1.68. The van der Waals surface area contributed by atoms with Crippen molar-refractivity contribution in [1.82, 2.24) is 14.5 Å². The number of nitrogens with zero attached hydrogens (tertiary/aromatic N) is 3. The third-order valence-electron chi connectivity index (χ3n) is 2.77. The maximum absolute atomic E-state index is 5.85. The molecule has 7 heteroatoms. The molecule has 19 heavy (non-hydrogen) atoms. The van der Waals surface area contributed by atoms with Crippen LogP contribution in [0.5, 0.6) is 0 Å². The van der Waals surface area contributed by atoms with Crippen LogP contribution in [0.1, 0.15) is 0 Å². The van der Waals surface area contributed by atoms with Crippen LogP contribution in [0.15, 0.2) is 12.3 Å². The minimum absolute atomic E-state index is 0.286. The summed E-state index contributed by atoms with van der Waals surface area (Å²) < 4.78 is 8.63. The van der Waals surface area contributed by atoms with Crippen LogP contribution < -0.4 is 0 Å². The second kappa shape index (κ2) is 6.07. The summed E-state index contributed by atoms with van der Waals surface area (Å²) in [5.74, 6) is 0. The van der Waals surface area contributed by atoms with Crippen LogP contribution >= 0.6 is 34.2 Å². The van der Waals surface area contributed by atoms with Crippen molar-refractivity contribution < 1.29 is 4.74 Å². The van der Waals surface area contributed by atoms with Gasteiger partial charge in [0.05, 0.1) is 5.52 Å². The molecular formula is C12H17ClIN3OSi. The molecule has 0 bridgehead atoms. The summed E-state index contributed by atoms with van der Waals surface area (Å²) in [6.07, 6.45) is 1.96. The van der Waals surface area contributed by atoms with Crippen LogP contribution in [0.2, 0.25) is 31.0 Å². The molecule has 0 amide bonds. The van der Waals surface area contributed by atoms with Crippen molar-refractivity contribution in [2.45, 2.75) is 32.4 Å². The zero-order chi connectivity index (χ0) is 14.0. The van der Waals surface area contributed by atoms with E-state index in [1.54, 1.807) is 0 Å². The van der Waals surface area contributed by atoms with E-state index in [1.165, 1.54) is 6.04 Å². The van der Waals surface area contributed by atoms with Crippen molar-refractivity contribution in [2.75, 3.05) is 6.61 Å². The topological polar surface area (TPSA) is 39.9 Å². The summed E-state index contributed by atoms with van der Waals surface area (Å²) in [6.45, 7) is 8.38. The summed E-state index contributed by atoms with van der Waals surface area (Å²) in [5, 5.41) is 0.286. The van der Waals surface area contributed by atoms with Crippen LogP contribution in [-0.4, -0.2) is 29.2 Å². The molecule has 0 atom stereocenters. The SMILES string of the molecule is C[Si](C)(C)CCOCn1ccc2nc(Cl)nc(I)c21. The highest BCUT2D eigenvalue weighted by molar-refractivity contribution is 14.1. The maximum Gasteiger partial charge on any atom is 0.224 e. The Morgan fingerprint density at radius 2 is 2.11 bits per heavy atom. The monoisotopic (exact) mass is 409 g/mol. The van der Waals surface area contributed by atoms with Gasteiger partial charge in [-0.15, -0.1) is 0 Å². The summed E-state index contributed by atoms with van der Waals surface area (Å²) in [7, 11) is -1.03. The van der Waals surface area contributed by atoms with Gasteiger partial charge in [-0.05, 0) is 46.3 Å². The van der Waals surface area contributed by atoms with Crippen LogP contribution in [0, 0.1) is 3.70 Å². The van der Waals surface area contributed by atoms with Crippen LogP contribution in [0.4, 0.5) is 0 Å². The van der Waals surface area contributed by atoms with E-state index in [2.05, 4.69) is 52.2 Å². The number of aromatic nitrogens is 3. The molecule has 2 heterocycles. The van der Waals surface area contributed by atoms with Gasteiger partial charge in [-0.3, -0.25) is 0 Å². The smallest absolute Gasteiger partial charge is 0.224 e. The normalized spacial score (nSPS) is 12.3. The quantitative estimate of drug-likeness (QED) is 0.246. The van der Waals surface area contributed by atoms with E-state index in [1.807, 2.05) is 16.8 Å². The van der Waals surface area contributed by atoms with Crippen LogP contribution in [-0.2, 0) is 11.5 Å². The lowest BCUT2D eigenvalue weighted by Gasteiger charge is -2.15. The molecule has 0 spiro atoms. The van der Waals surface area contributed by atoms with Crippen molar-refractivity contribution in [2.24, 2.45) is 0 Å². The number of halogens is 2. The van der Waals surface area contributed by atoms with E-state index < -0.39 is 8.07 Å². The second-order valence-electron chi connectivity index (χ2n) is 5.65. The third-order valence-corrected chi connectivity index (χ3v) is 5.39. The molecule has 0 aliphatic heterocycles. The summed E-state index contributed by atoms with van der Waals surface area (Å²) in [6, 6.07) is 3.11. The minimum atomic E-state index is -1.03. The minimum Gasteiger partial charge on any atom is -0.361 e. The maximum atomic E-state index is 5.85. The Hall–Kier alpha value is -0.183. The predicted molar refractivity (Wildman–Crippen MR) is 89.4 cm³/mol. The van der Waals surface area contributed by atoms with Gasteiger partial charge >= 0.3 is 0 Å². The molecule has 2 rings (SSSR count). The zero-order valence-corrected chi connectivity index (χ0v) is 15.2. The standard InChI is InChI=1S/C12H17ClIN3OSi/c1-19(2,3)7-6-18-8-17-5-4-9-10(17)11(14)16-12(13)15-9/h4-5H,6-8H2,1-3H3. The van der Waals surface area contributed by atoms with Crippen LogP contribution in [0.3, 0.4) is 0 Å². The number of hydrogen-bond donors (Lipinski definition) is 0. The van der Waals surface area contributed by atoms with Crippen LogP contribution in [0.25, 0.3) is 11.0 Å². The molecule has 0 aliphatic rings. The Morgan fingerprint density at radius 1 is 1.37 bits per heavy atom. The predicted octanol–water partition coefficient (Wildman–Crippen LogP) is 4.00. The van der Waals surface area contributed by atoms with E-state index in [-0.39, 0.29) is 5.28 Å². The Bertz CT molecular complexity index is 582. The molecule has 0 N–H and O–H groups in total. The highest BCUT2D eigenvalue weighted by atomic mass is 127. The molecule has 0 fully saturated rings. The second-order valence-corrected chi connectivity index (χ2v) is 12.6. The molecule has 0 aliphatic carbocycles. The molecule has 2 aromatic heterocycles. The molecule has 0 aromatic carbocycles. The number of ether oxygens (including phenoxy) is 1. The van der Waals surface area contributed by atoms with E-state index >= 15 is 0 Å². The highest BCUT2D eigenvalue weighted by Crippen LogP contribution is 2.21. The average Bonchev–Trinajstić information content (AvgIpc) is 2.66. The van der Waals surface area contributed by atoms with Gasteiger partial charge in [-0.1, -0.05) is 19.6 Å². The van der Waals surface area contributed by atoms with E-state index in [4.69, 9.17) is 16.3 Å². The lowest BCUT2D eigenvalue weighted by Crippen LogP contribution is -2.22. The van der Waals surface area contributed by atoms with E-state index in [0.717, 1.165) is 21.3 Å². The van der Waals surface area contributed by atoms with E-state index in [9.17, 15) is 0 Å². The van der Waals surface area contributed by atoms with Crippen molar-refractivity contribution in [3.05, 3.63) is 21.2 Å². The lowest BCUT2D eigenvalue weighted by molar-refractivity contribution is 0.0901. The largest absolute Gasteiger partial charge is 0.361 e. The zero-order valence-electron chi connectivity index (χ0n) is 11.3. The third kappa shape index (κ3) is 4.14. The number of rotatable bonds is 5. The fraction of sp³-hybridized carbons (Fsp3) is 0.500. The molecule has 0 radical (unpaired) electrons. The van der Waals surface area contributed by atoms with Gasteiger partial charge in [0.25, 0.3) is 0 Å². The van der Waals surface area contributed by atoms with Gasteiger partial charge in [0.15, 0.2) is 0 Å². The Kier molecular flexibility index (Phi) is 4.86. The number of fused-ring (bicyclic) bond motifs is 1. The molecule has 0 saturated heterocycles. The highest BCUT2D eigenvalue weighted by Gasteiger charge is 2.13. The molecule has 0 unspecified atom stereocenters. The first kappa shape index (κ1) is 15.2. The Labute approximate surface area is 132 Å². The van der Waals surface area contributed by atoms with Gasteiger partial charge in [-0.25, -0.2) is 9.97 Å². The summed E-state index contributed by atoms with van der Waals surface area (Å²) >= 11 is 8.02. The Balaban J connectivity index is 2.06. The van der Waals surface area contributed by atoms with Crippen molar-refractivity contribution >= 4 is 53.3 Å². The first-order valence-electron chi connectivity index (χ1n) is 6.12. The van der Waals surface area contributed by atoms with Gasteiger partial charge in [-0.2, -0.15) is 0 Å². The van der Waals surface area contributed by atoms with E-state index in [0.29, 0.717) is 6.73 Å².